The maximum atomic E-state index is 12.6. The summed E-state index contributed by atoms with van der Waals surface area (Å²) in [6.07, 6.45) is 12.9. The van der Waals surface area contributed by atoms with Crippen molar-refractivity contribution in [2.24, 2.45) is 17.8 Å². The van der Waals surface area contributed by atoms with Gasteiger partial charge in [0.15, 0.2) is 0 Å². The molecule has 2 unspecified atom stereocenters. The normalized spacial score (nSPS) is 24.3. The lowest BCUT2D eigenvalue weighted by Crippen LogP contribution is -2.50. The molecule has 3 nitrogen and oxygen atoms in total. The van der Waals surface area contributed by atoms with Crippen molar-refractivity contribution in [2.75, 3.05) is 0 Å². The number of rotatable bonds is 5. The first kappa shape index (κ1) is 19.1. The largest absolute Gasteiger partial charge is 0.598 e. The Kier molecular flexibility index (Phi) is 7.25. The van der Waals surface area contributed by atoms with Crippen LogP contribution >= 0.6 is 0 Å². The Morgan fingerprint density at radius 2 is 1.39 bits per heavy atom. The Hall–Kier alpha value is -0.240. The lowest BCUT2D eigenvalue weighted by molar-refractivity contribution is 0.128. The summed E-state index contributed by atoms with van der Waals surface area (Å²) in [5, 5.41) is 9.83. The van der Waals surface area contributed by atoms with Gasteiger partial charge in [-0.1, -0.05) is 64.2 Å². The standard InChI is InChI=1S/C19H34N2OS/c1-19(2,3)23(22)21-17(14-20)18(15-10-6-4-7-11-15)16-12-8-5-9-13-16/h15-18,21H,4-13H2,1-3H3. The molecule has 2 fully saturated rings. The Bertz CT molecular complexity index is 371. The van der Waals surface area contributed by atoms with Crippen LogP contribution < -0.4 is 4.72 Å². The molecular weight excluding hydrogens is 304 g/mol. The number of nitrogens with one attached hydrogen (secondary N) is 1. The summed E-state index contributed by atoms with van der Waals surface area (Å²) in [6.45, 7) is 5.92. The third-order valence-electron chi connectivity index (χ3n) is 5.70. The molecule has 0 aromatic rings. The van der Waals surface area contributed by atoms with E-state index in [4.69, 9.17) is 0 Å². The van der Waals surface area contributed by atoms with Gasteiger partial charge in [0.2, 0.25) is 0 Å². The van der Waals surface area contributed by atoms with E-state index in [1.54, 1.807) is 0 Å². The van der Waals surface area contributed by atoms with Crippen LogP contribution in [0, 0.1) is 29.1 Å². The number of hydrogen-bond acceptors (Lipinski definition) is 3. The third kappa shape index (κ3) is 5.37. The van der Waals surface area contributed by atoms with Crippen LogP contribution in [-0.2, 0) is 11.4 Å². The second kappa shape index (κ2) is 8.74. The first-order valence-electron chi connectivity index (χ1n) is 9.51. The molecule has 132 valence electrons. The van der Waals surface area contributed by atoms with Gasteiger partial charge in [0.1, 0.15) is 10.8 Å². The van der Waals surface area contributed by atoms with Crippen LogP contribution in [0.4, 0.5) is 0 Å². The van der Waals surface area contributed by atoms with E-state index in [9.17, 15) is 9.81 Å². The van der Waals surface area contributed by atoms with Gasteiger partial charge in [-0.2, -0.15) is 5.26 Å². The molecule has 2 aliphatic carbocycles. The van der Waals surface area contributed by atoms with Crippen molar-refractivity contribution in [3.05, 3.63) is 0 Å². The molecule has 0 bridgehead atoms. The van der Waals surface area contributed by atoms with Crippen LogP contribution in [0.3, 0.4) is 0 Å². The summed E-state index contributed by atoms with van der Waals surface area (Å²) in [7, 11) is 0. The maximum absolute atomic E-state index is 12.6. The second-order valence-corrected chi connectivity index (χ2v) is 10.5. The van der Waals surface area contributed by atoms with Gasteiger partial charge >= 0.3 is 0 Å². The Labute approximate surface area is 145 Å². The molecule has 0 spiro atoms. The minimum Gasteiger partial charge on any atom is -0.598 e. The van der Waals surface area contributed by atoms with Gasteiger partial charge in [0.25, 0.3) is 0 Å². The molecule has 0 heterocycles. The predicted octanol–water partition coefficient (Wildman–Crippen LogP) is 4.71. The summed E-state index contributed by atoms with van der Waals surface area (Å²) < 4.78 is 15.4. The number of hydrogen-bond donors (Lipinski definition) is 1. The van der Waals surface area contributed by atoms with Gasteiger partial charge in [-0.05, 0) is 38.5 Å². The van der Waals surface area contributed by atoms with Crippen LogP contribution in [0.15, 0.2) is 0 Å². The molecule has 0 saturated heterocycles. The van der Waals surface area contributed by atoms with Crippen LogP contribution in [0.1, 0.15) is 85.0 Å². The number of nitrogens with zero attached hydrogens (tertiary/aromatic N) is 1. The van der Waals surface area contributed by atoms with Gasteiger partial charge in [-0.25, -0.2) is 0 Å². The van der Waals surface area contributed by atoms with Crippen LogP contribution in [0.25, 0.3) is 0 Å². The van der Waals surface area contributed by atoms with Crippen molar-refractivity contribution in [3.8, 4) is 6.07 Å². The first-order valence-corrected chi connectivity index (χ1v) is 10.7. The fraction of sp³-hybridized carbons (Fsp3) is 0.947. The minimum absolute atomic E-state index is 0.263. The Morgan fingerprint density at radius 3 is 1.74 bits per heavy atom. The van der Waals surface area contributed by atoms with Gasteiger partial charge in [-0.15, -0.1) is 4.72 Å². The lowest BCUT2D eigenvalue weighted by Gasteiger charge is -2.40. The first-order chi connectivity index (χ1) is 10.9. The second-order valence-electron chi connectivity index (χ2n) is 8.48. The molecule has 4 heteroatoms. The van der Waals surface area contributed by atoms with Crippen molar-refractivity contribution in [2.45, 2.75) is 95.8 Å². The lowest BCUT2D eigenvalue weighted by atomic mass is 9.67. The van der Waals surface area contributed by atoms with Crippen LogP contribution in [0.2, 0.25) is 0 Å². The quantitative estimate of drug-likeness (QED) is 0.739. The Balaban J connectivity index is 2.13. The molecule has 0 radical (unpaired) electrons. The number of nitriles is 1. The molecule has 1 N–H and O–H groups in total. The van der Waals surface area contributed by atoms with Crippen LogP contribution in [0.5, 0.6) is 0 Å². The fourth-order valence-electron chi connectivity index (χ4n) is 4.45. The maximum Gasteiger partial charge on any atom is 0.142 e. The highest BCUT2D eigenvalue weighted by Gasteiger charge is 2.40. The third-order valence-corrected chi connectivity index (χ3v) is 7.28. The summed E-state index contributed by atoms with van der Waals surface area (Å²) in [5.41, 5.74) is 0. The molecule has 2 saturated carbocycles. The van der Waals surface area contributed by atoms with Crippen molar-refractivity contribution in [1.82, 2.24) is 4.72 Å². The fourth-order valence-corrected chi connectivity index (χ4v) is 5.24. The monoisotopic (exact) mass is 338 g/mol. The summed E-state index contributed by atoms with van der Waals surface area (Å²) >= 11 is -1.17. The van der Waals surface area contributed by atoms with E-state index >= 15 is 0 Å². The van der Waals surface area contributed by atoms with Crippen molar-refractivity contribution in [1.29, 1.82) is 5.26 Å². The minimum atomic E-state index is -1.17. The zero-order chi connectivity index (χ0) is 16.9. The zero-order valence-electron chi connectivity index (χ0n) is 15.1. The van der Waals surface area contributed by atoms with Crippen LogP contribution in [-0.4, -0.2) is 15.3 Å². The highest BCUT2D eigenvalue weighted by atomic mass is 32.2. The van der Waals surface area contributed by atoms with Gasteiger partial charge < -0.3 is 4.55 Å². The zero-order valence-corrected chi connectivity index (χ0v) is 16.0. The smallest absolute Gasteiger partial charge is 0.142 e. The molecular formula is C19H34N2OS. The summed E-state index contributed by atoms with van der Waals surface area (Å²) in [6, 6.07) is 2.23. The molecule has 2 atom stereocenters. The van der Waals surface area contributed by atoms with E-state index in [1.165, 1.54) is 64.2 Å². The van der Waals surface area contributed by atoms with Gasteiger partial charge in [-0.3, -0.25) is 0 Å². The molecule has 2 aliphatic rings. The highest BCUT2D eigenvalue weighted by Crippen LogP contribution is 2.42. The van der Waals surface area contributed by atoms with Gasteiger partial charge in [0, 0.05) is 11.4 Å². The molecule has 2 rings (SSSR count). The summed E-state index contributed by atoms with van der Waals surface area (Å²) in [5.74, 6) is 1.66. The molecule has 0 aromatic heterocycles. The van der Waals surface area contributed by atoms with E-state index in [2.05, 4.69) is 10.8 Å². The highest BCUT2D eigenvalue weighted by molar-refractivity contribution is 7.90. The SMILES string of the molecule is CC(C)(C)[S+]([O-])NC(C#N)C(C1CCCCC1)C1CCCCC1. The topological polar surface area (TPSA) is 58.9 Å². The van der Waals surface area contributed by atoms with Crippen molar-refractivity contribution >= 4 is 11.4 Å². The molecule has 0 amide bonds. The van der Waals surface area contributed by atoms with Crippen molar-refractivity contribution in [3.63, 3.8) is 0 Å². The average molecular weight is 339 g/mol. The molecule has 0 aromatic carbocycles. The van der Waals surface area contributed by atoms with E-state index in [1.807, 2.05) is 20.8 Å². The van der Waals surface area contributed by atoms with E-state index in [-0.39, 0.29) is 10.8 Å². The van der Waals surface area contributed by atoms with Gasteiger partial charge in [0.05, 0.1) is 6.07 Å². The van der Waals surface area contributed by atoms with E-state index in [0.717, 1.165) is 0 Å². The Morgan fingerprint density at radius 1 is 0.957 bits per heavy atom. The summed E-state index contributed by atoms with van der Waals surface area (Å²) in [4.78, 5) is 0. The molecule has 23 heavy (non-hydrogen) atoms. The van der Waals surface area contributed by atoms with Crippen molar-refractivity contribution < 1.29 is 4.55 Å². The average Bonchev–Trinajstić information content (AvgIpc) is 2.55. The van der Waals surface area contributed by atoms with E-state index in [0.29, 0.717) is 17.8 Å². The molecule has 0 aliphatic heterocycles. The predicted molar refractivity (Wildman–Crippen MR) is 97.1 cm³/mol. The van der Waals surface area contributed by atoms with E-state index < -0.39 is 11.4 Å².